The Balaban J connectivity index is 1.90. The van der Waals surface area contributed by atoms with Gasteiger partial charge in [-0.25, -0.2) is 0 Å². The standard InChI is InChI=1S/C21H22N2O/c1-22(2)16-9-7-8-15(14-16)21(24)23-19-12-5-3-10-17(19)18-11-4-6-13-20(18)23/h3,5,7-10,12,14H,4,6,11,13H2,1-2H3. The summed E-state index contributed by atoms with van der Waals surface area (Å²) in [5.74, 6) is 0.0815. The first-order chi connectivity index (χ1) is 11.7. The zero-order valence-electron chi connectivity index (χ0n) is 14.2. The zero-order chi connectivity index (χ0) is 16.7. The highest BCUT2D eigenvalue weighted by molar-refractivity contribution is 6.04. The van der Waals surface area contributed by atoms with E-state index >= 15 is 0 Å². The molecule has 1 aliphatic carbocycles. The van der Waals surface area contributed by atoms with Gasteiger partial charge >= 0.3 is 0 Å². The van der Waals surface area contributed by atoms with Crippen LogP contribution < -0.4 is 4.90 Å². The van der Waals surface area contributed by atoms with Crippen molar-refractivity contribution in [3.8, 4) is 0 Å². The van der Waals surface area contributed by atoms with Gasteiger partial charge in [-0.2, -0.15) is 0 Å². The largest absolute Gasteiger partial charge is 0.378 e. The molecule has 0 amide bonds. The first kappa shape index (κ1) is 15.0. The number of hydrogen-bond acceptors (Lipinski definition) is 2. The second-order valence-electron chi connectivity index (χ2n) is 6.73. The maximum Gasteiger partial charge on any atom is 0.262 e. The van der Waals surface area contributed by atoms with Crippen molar-refractivity contribution in [2.75, 3.05) is 19.0 Å². The van der Waals surface area contributed by atoms with Crippen LogP contribution >= 0.6 is 0 Å². The number of benzene rings is 2. The highest BCUT2D eigenvalue weighted by atomic mass is 16.2. The van der Waals surface area contributed by atoms with Gasteiger partial charge in [0.2, 0.25) is 0 Å². The molecule has 0 unspecified atom stereocenters. The summed E-state index contributed by atoms with van der Waals surface area (Å²) >= 11 is 0. The van der Waals surface area contributed by atoms with Crippen molar-refractivity contribution in [3.63, 3.8) is 0 Å². The molecule has 24 heavy (non-hydrogen) atoms. The fraction of sp³-hybridized carbons (Fsp3) is 0.286. The molecule has 1 aliphatic rings. The summed E-state index contributed by atoms with van der Waals surface area (Å²) in [6.45, 7) is 0. The lowest BCUT2D eigenvalue weighted by Gasteiger charge is -2.16. The van der Waals surface area contributed by atoms with Gasteiger partial charge in [0.25, 0.3) is 5.91 Å². The minimum atomic E-state index is 0.0815. The maximum absolute atomic E-state index is 13.3. The van der Waals surface area contributed by atoms with Gasteiger partial charge in [-0.05, 0) is 55.5 Å². The van der Waals surface area contributed by atoms with Crippen molar-refractivity contribution >= 4 is 22.5 Å². The Kier molecular flexibility index (Phi) is 3.64. The average Bonchev–Trinajstić information content (AvgIpc) is 2.96. The minimum Gasteiger partial charge on any atom is -0.378 e. The topological polar surface area (TPSA) is 25.2 Å². The van der Waals surface area contributed by atoms with Crippen LogP contribution in [0.3, 0.4) is 0 Å². The van der Waals surface area contributed by atoms with Gasteiger partial charge in [0.05, 0.1) is 5.52 Å². The van der Waals surface area contributed by atoms with Crippen LogP contribution in [-0.4, -0.2) is 24.6 Å². The van der Waals surface area contributed by atoms with E-state index in [1.807, 2.05) is 53.9 Å². The molecule has 2 aromatic carbocycles. The Bertz CT molecular complexity index is 921. The minimum absolute atomic E-state index is 0.0815. The highest BCUT2D eigenvalue weighted by Crippen LogP contribution is 2.32. The van der Waals surface area contributed by atoms with Crippen molar-refractivity contribution in [2.45, 2.75) is 25.7 Å². The number of para-hydroxylation sites is 1. The fourth-order valence-electron chi connectivity index (χ4n) is 3.77. The number of nitrogens with zero attached hydrogens (tertiary/aromatic N) is 2. The van der Waals surface area contributed by atoms with Crippen LogP contribution in [0.1, 0.15) is 34.5 Å². The number of aromatic nitrogens is 1. The quantitative estimate of drug-likeness (QED) is 0.705. The number of aryl methyl sites for hydroxylation is 1. The van der Waals surface area contributed by atoms with E-state index in [1.54, 1.807) is 0 Å². The number of carbonyl (C=O) groups is 1. The summed E-state index contributed by atoms with van der Waals surface area (Å²) in [6.07, 6.45) is 4.44. The van der Waals surface area contributed by atoms with Crippen molar-refractivity contribution < 1.29 is 4.79 Å². The van der Waals surface area contributed by atoms with Crippen LogP contribution in [-0.2, 0) is 12.8 Å². The van der Waals surface area contributed by atoms with Gasteiger partial charge in [0, 0.05) is 36.4 Å². The van der Waals surface area contributed by atoms with Gasteiger partial charge in [0.15, 0.2) is 0 Å². The van der Waals surface area contributed by atoms with E-state index < -0.39 is 0 Å². The fourth-order valence-corrected chi connectivity index (χ4v) is 3.77. The van der Waals surface area contributed by atoms with E-state index in [9.17, 15) is 4.79 Å². The second kappa shape index (κ2) is 5.82. The summed E-state index contributed by atoms with van der Waals surface area (Å²) in [6, 6.07) is 16.2. The molecule has 0 atom stereocenters. The van der Waals surface area contributed by atoms with Gasteiger partial charge < -0.3 is 4.90 Å². The predicted octanol–water partition coefficient (Wildman–Crippen LogP) is 4.27. The Morgan fingerprint density at radius 3 is 2.62 bits per heavy atom. The van der Waals surface area contributed by atoms with Crippen LogP contribution in [0.5, 0.6) is 0 Å². The molecule has 122 valence electrons. The van der Waals surface area contributed by atoms with E-state index in [4.69, 9.17) is 0 Å². The monoisotopic (exact) mass is 318 g/mol. The van der Waals surface area contributed by atoms with Gasteiger partial charge in [0.1, 0.15) is 0 Å². The smallest absolute Gasteiger partial charge is 0.262 e. The molecule has 0 fully saturated rings. The first-order valence-electron chi connectivity index (χ1n) is 8.60. The lowest BCUT2D eigenvalue weighted by molar-refractivity contribution is 0.0961. The average molecular weight is 318 g/mol. The lowest BCUT2D eigenvalue weighted by Crippen LogP contribution is -2.18. The number of hydrogen-bond donors (Lipinski definition) is 0. The van der Waals surface area contributed by atoms with Gasteiger partial charge in [-0.3, -0.25) is 9.36 Å². The molecule has 0 spiro atoms. The summed E-state index contributed by atoms with van der Waals surface area (Å²) in [5, 5.41) is 1.24. The van der Waals surface area contributed by atoms with E-state index in [-0.39, 0.29) is 5.91 Å². The van der Waals surface area contributed by atoms with Crippen LogP contribution in [0.2, 0.25) is 0 Å². The number of rotatable bonds is 2. The number of carbonyl (C=O) groups excluding carboxylic acids is 1. The molecule has 0 aliphatic heterocycles. The lowest BCUT2D eigenvalue weighted by atomic mass is 9.95. The van der Waals surface area contributed by atoms with Crippen LogP contribution in [0.4, 0.5) is 5.69 Å². The van der Waals surface area contributed by atoms with E-state index in [0.29, 0.717) is 0 Å². The van der Waals surface area contributed by atoms with Gasteiger partial charge in [-0.15, -0.1) is 0 Å². The maximum atomic E-state index is 13.3. The molecule has 4 rings (SSSR count). The normalized spacial score (nSPS) is 13.8. The summed E-state index contributed by atoms with van der Waals surface area (Å²) in [4.78, 5) is 15.3. The second-order valence-corrected chi connectivity index (χ2v) is 6.73. The van der Waals surface area contributed by atoms with Crippen LogP contribution in [0.25, 0.3) is 10.9 Å². The molecule has 1 aromatic heterocycles. The van der Waals surface area contributed by atoms with Gasteiger partial charge in [-0.1, -0.05) is 24.3 Å². The molecule has 3 nitrogen and oxygen atoms in total. The van der Waals surface area contributed by atoms with Crippen molar-refractivity contribution in [2.24, 2.45) is 0 Å². The molecule has 1 heterocycles. The molecular formula is C21H22N2O. The highest BCUT2D eigenvalue weighted by Gasteiger charge is 2.23. The number of anilines is 1. The SMILES string of the molecule is CN(C)c1cccc(C(=O)n2c3c(c4ccccc42)CCCC3)c1. The van der Waals surface area contributed by atoms with Crippen molar-refractivity contribution in [3.05, 3.63) is 65.4 Å². The third-order valence-electron chi connectivity index (χ3n) is 4.99. The Morgan fingerprint density at radius 2 is 1.79 bits per heavy atom. The first-order valence-corrected chi connectivity index (χ1v) is 8.60. The third kappa shape index (κ3) is 2.32. The van der Waals surface area contributed by atoms with Crippen LogP contribution in [0, 0.1) is 0 Å². The van der Waals surface area contributed by atoms with Crippen LogP contribution in [0.15, 0.2) is 48.5 Å². The molecule has 0 radical (unpaired) electrons. The molecular weight excluding hydrogens is 296 g/mol. The molecule has 0 N–H and O–H groups in total. The Hall–Kier alpha value is -2.55. The Morgan fingerprint density at radius 1 is 1.00 bits per heavy atom. The number of fused-ring (bicyclic) bond motifs is 3. The third-order valence-corrected chi connectivity index (χ3v) is 4.99. The van der Waals surface area contributed by atoms with Crippen molar-refractivity contribution in [1.82, 2.24) is 4.57 Å². The Labute approximate surface area is 142 Å². The van der Waals surface area contributed by atoms with E-state index in [1.165, 1.54) is 23.1 Å². The molecule has 3 aromatic rings. The zero-order valence-corrected chi connectivity index (χ0v) is 14.2. The molecule has 0 saturated heterocycles. The summed E-state index contributed by atoms with van der Waals surface area (Å²) < 4.78 is 1.96. The predicted molar refractivity (Wildman–Crippen MR) is 99.1 cm³/mol. The summed E-state index contributed by atoms with van der Waals surface area (Å²) in [5.41, 5.74) is 5.42. The van der Waals surface area contributed by atoms with E-state index in [2.05, 4.69) is 18.2 Å². The van der Waals surface area contributed by atoms with Crippen molar-refractivity contribution in [1.29, 1.82) is 0 Å². The molecule has 0 bridgehead atoms. The summed E-state index contributed by atoms with van der Waals surface area (Å²) in [7, 11) is 3.99. The molecule has 0 saturated carbocycles. The van der Waals surface area contributed by atoms with E-state index in [0.717, 1.165) is 36.0 Å². The molecule has 3 heteroatoms.